The second-order valence-electron chi connectivity index (χ2n) is 5.17. The van der Waals surface area contributed by atoms with E-state index in [9.17, 15) is 0 Å². The van der Waals surface area contributed by atoms with Gasteiger partial charge in [0.2, 0.25) is 0 Å². The molecule has 0 aromatic carbocycles. The largest absolute Gasteiger partial charge is 0.380 e. The molecule has 19 heavy (non-hydrogen) atoms. The maximum Gasteiger partial charge on any atom is 0.137 e. The Morgan fingerprint density at radius 3 is 3.00 bits per heavy atom. The van der Waals surface area contributed by atoms with E-state index in [2.05, 4.69) is 30.3 Å². The summed E-state index contributed by atoms with van der Waals surface area (Å²) < 4.78 is 7.59. The van der Waals surface area contributed by atoms with Crippen LogP contribution in [-0.4, -0.2) is 29.1 Å². The SMILES string of the molecule is CC(C)CCOCCNCc1cn2ccccc2n1. The van der Waals surface area contributed by atoms with Gasteiger partial charge < -0.3 is 14.5 Å². The van der Waals surface area contributed by atoms with E-state index in [1.165, 1.54) is 0 Å². The smallest absolute Gasteiger partial charge is 0.137 e. The molecule has 0 aliphatic rings. The number of imidazole rings is 1. The Kier molecular flexibility index (Phi) is 5.36. The average molecular weight is 261 g/mol. The van der Waals surface area contributed by atoms with Gasteiger partial charge in [0, 0.05) is 32.1 Å². The summed E-state index contributed by atoms with van der Waals surface area (Å²) >= 11 is 0. The summed E-state index contributed by atoms with van der Waals surface area (Å²) in [5.41, 5.74) is 2.06. The second-order valence-corrected chi connectivity index (χ2v) is 5.17. The molecule has 0 fully saturated rings. The van der Waals surface area contributed by atoms with Crippen LogP contribution in [0.15, 0.2) is 30.6 Å². The molecular weight excluding hydrogens is 238 g/mol. The lowest BCUT2D eigenvalue weighted by molar-refractivity contribution is 0.125. The highest BCUT2D eigenvalue weighted by molar-refractivity contribution is 5.39. The molecule has 2 heterocycles. The van der Waals surface area contributed by atoms with Gasteiger partial charge >= 0.3 is 0 Å². The molecule has 4 heteroatoms. The third-order valence-electron chi connectivity index (χ3n) is 2.98. The first kappa shape index (κ1) is 14.0. The van der Waals surface area contributed by atoms with Crippen LogP contribution in [0.3, 0.4) is 0 Å². The van der Waals surface area contributed by atoms with Crippen molar-refractivity contribution in [1.82, 2.24) is 14.7 Å². The Hall–Kier alpha value is -1.39. The van der Waals surface area contributed by atoms with Gasteiger partial charge in [-0.2, -0.15) is 0 Å². The number of aromatic nitrogens is 2. The molecule has 0 amide bonds. The second kappa shape index (κ2) is 7.26. The van der Waals surface area contributed by atoms with Crippen molar-refractivity contribution in [3.8, 4) is 0 Å². The Balaban J connectivity index is 1.63. The molecule has 0 unspecified atom stereocenters. The van der Waals surface area contributed by atoms with Crippen molar-refractivity contribution in [2.24, 2.45) is 5.92 Å². The Morgan fingerprint density at radius 2 is 2.21 bits per heavy atom. The molecule has 2 aromatic heterocycles. The fourth-order valence-corrected chi connectivity index (χ4v) is 1.85. The van der Waals surface area contributed by atoms with Crippen molar-refractivity contribution >= 4 is 5.65 Å². The van der Waals surface area contributed by atoms with Crippen LogP contribution >= 0.6 is 0 Å². The molecule has 0 radical (unpaired) electrons. The number of hydrogen-bond acceptors (Lipinski definition) is 3. The first-order chi connectivity index (χ1) is 9.25. The van der Waals surface area contributed by atoms with Gasteiger partial charge in [-0.1, -0.05) is 19.9 Å². The lowest BCUT2D eigenvalue weighted by Crippen LogP contribution is -2.19. The van der Waals surface area contributed by atoms with E-state index in [0.29, 0.717) is 5.92 Å². The maximum absolute atomic E-state index is 5.55. The summed E-state index contributed by atoms with van der Waals surface area (Å²) in [7, 11) is 0. The van der Waals surface area contributed by atoms with Crippen molar-refractivity contribution in [3.63, 3.8) is 0 Å². The fourth-order valence-electron chi connectivity index (χ4n) is 1.85. The third kappa shape index (κ3) is 4.65. The van der Waals surface area contributed by atoms with E-state index in [1.807, 2.05) is 28.8 Å². The molecule has 0 saturated carbocycles. The Labute approximate surface area is 114 Å². The van der Waals surface area contributed by atoms with Crippen LogP contribution in [0.4, 0.5) is 0 Å². The molecule has 0 saturated heterocycles. The number of nitrogens with zero attached hydrogens (tertiary/aromatic N) is 2. The van der Waals surface area contributed by atoms with Crippen LogP contribution in [0.2, 0.25) is 0 Å². The number of pyridine rings is 1. The predicted octanol–water partition coefficient (Wildman–Crippen LogP) is 2.49. The van der Waals surface area contributed by atoms with Gasteiger partial charge in [0.1, 0.15) is 5.65 Å². The zero-order valence-electron chi connectivity index (χ0n) is 11.8. The number of ether oxygens (including phenoxy) is 1. The van der Waals surface area contributed by atoms with Gasteiger partial charge in [0.15, 0.2) is 0 Å². The van der Waals surface area contributed by atoms with Gasteiger partial charge in [-0.3, -0.25) is 0 Å². The normalized spacial score (nSPS) is 11.5. The lowest BCUT2D eigenvalue weighted by atomic mass is 10.1. The van der Waals surface area contributed by atoms with Crippen LogP contribution in [-0.2, 0) is 11.3 Å². The summed E-state index contributed by atoms with van der Waals surface area (Å²) in [5.74, 6) is 0.714. The van der Waals surface area contributed by atoms with E-state index in [0.717, 1.165) is 44.1 Å². The molecular formula is C15H23N3O. The monoisotopic (exact) mass is 261 g/mol. The standard InChI is InChI=1S/C15H23N3O/c1-13(2)6-9-19-10-7-16-11-14-12-18-8-4-3-5-15(18)17-14/h3-5,8,12-13,16H,6-7,9-11H2,1-2H3. The van der Waals surface area contributed by atoms with Crippen LogP contribution in [0.25, 0.3) is 5.65 Å². The minimum Gasteiger partial charge on any atom is -0.380 e. The van der Waals surface area contributed by atoms with Gasteiger partial charge in [0.25, 0.3) is 0 Å². The van der Waals surface area contributed by atoms with Gasteiger partial charge in [0.05, 0.1) is 12.3 Å². The number of nitrogens with one attached hydrogen (secondary N) is 1. The maximum atomic E-state index is 5.55. The molecule has 1 N–H and O–H groups in total. The zero-order chi connectivity index (χ0) is 13.5. The molecule has 2 aromatic rings. The summed E-state index contributed by atoms with van der Waals surface area (Å²) in [4.78, 5) is 4.53. The highest BCUT2D eigenvalue weighted by Gasteiger charge is 2.00. The van der Waals surface area contributed by atoms with Crippen molar-refractivity contribution in [2.45, 2.75) is 26.8 Å². The van der Waals surface area contributed by atoms with E-state index >= 15 is 0 Å². The fraction of sp³-hybridized carbons (Fsp3) is 0.533. The topological polar surface area (TPSA) is 38.6 Å². The first-order valence-electron chi connectivity index (χ1n) is 6.97. The van der Waals surface area contributed by atoms with E-state index < -0.39 is 0 Å². The van der Waals surface area contributed by atoms with Crippen LogP contribution in [0, 0.1) is 5.92 Å². The van der Waals surface area contributed by atoms with Crippen LogP contribution < -0.4 is 5.32 Å². The van der Waals surface area contributed by atoms with E-state index in [-0.39, 0.29) is 0 Å². The summed E-state index contributed by atoms with van der Waals surface area (Å²) in [5, 5.41) is 3.35. The lowest BCUT2D eigenvalue weighted by Gasteiger charge is -2.06. The third-order valence-corrected chi connectivity index (χ3v) is 2.98. The van der Waals surface area contributed by atoms with E-state index in [4.69, 9.17) is 4.74 Å². The molecule has 2 rings (SSSR count). The number of rotatable bonds is 8. The van der Waals surface area contributed by atoms with Crippen LogP contribution in [0.1, 0.15) is 26.0 Å². The first-order valence-corrected chi connectivity index (χ1v) is 6.97. The van der Waals surface area contributed by atoms with Crippen molar-refractivity contribution < 1.29 is 4.74 Å². The van der Waals surface area contributed by atoms with Gasteiger partial charge in [-0.05, 0) is 24.5 Å². The van der Waals surface area contributed by atoms with Gasteiger partial charge in [-0.15, -0.1) is 0 Å². The summed E-state index contributed by atoms with van der Waals surface area (Å²) in [6.45, 7) is 7.70. The zero-order valence-corrected chi connectivity index (χ0v) is 11.8. The van der Waals surface area contributed by atoms with Crippen molar-refractivity contribution in [3.05, 3.63) is 36.3 Å². The highest BCUT2D eigenvalue weighted by atomic mass is 16.5. The number of fused-ring (bicyclic) bond motifs is 1. The van der Waals surface area contributed by atoms with Crippen molar-refractivity contribution in [1.29, 1.82) is 0 Å². The predicted molar refractivity (Wildman–Crippen MR) is 77.2 cm³/mol. The highest BCUT2D eigenvalue weighted by Crippen LogP contribution is 2.03. The molecule has 4 nitrogen and oxygen atoms in total. The molecule has 0 atom stereocenters. The summed E-state index contributed by atoms with van der Waals surface area (Å²) in [6, 6.07) is 6.02. The number of hydrogen-bond donors (Lipinski definition) is 1. The minimum atomic E-state index is 0.714. The molecule has 104 valence electrons. The molecule has 0 spiro atoms. The van der Waals surface area contributed by atoms with Gasteiger partial charge in [-0.25, -0.2) is 4.98 Å². The Morgan fingerprint density at radius 1 is 1.32 bits per heavy atom. The Bertz CT molecular complexity index is 460. The van der Waals surface area contributed by atoms with E-state index in [1.54, 1.807) is 0 Å². The quantitative estimate of drug-likeness (QED) is 0.742. The van der Waals surface area contributed by atoms with Crippen LogP contribution in [0.5, 0.6) is 0 Å². The molecule has 0 aliphatic heterocycles. The summed E-state index contributed by atoms with van der Waals surface area (Å²) in [6.07, 6.45) is 5.20. The average Bonchev–Trinajstić information content (AvgIpc) is 2.79. The molecule has 0 aliphatic carbocycles. The van der Waals surface area contributed by atoms with Crippen molar-refractivity contribution in [2.75, 3.05) is 19.8 Å². The molecule has 0 bridgehead atoms. The minimum absolute atomic E-state index is 0.714.